The number of hydrogen-bond acceptors (Lipinski definition) is 4. The van der Waals surface area contributed by atoms with E-state index in [4.69, 9.17) is 9.47 Å². The van der Waals surface area contributed by atoms with E-state index in [-0.39, 0.29) is 12.6 Å². The van der Waals surface area contributed by atoms with Crippen LogP contribution in [0.25, 0.3) is 10.9 Å². The van der Waals surface area contributed by atoms with E-state index >= 15 is 0 Å². The normalized spacial score (nSPS) is 20.5. The number of aromatic nitrogens is 1. The summed E-state index contributed by atoms with van der Waals surface area (Å²) in [7, 11) is -3.47. The van der Waals surface area contributed by atoms with Gasteiger partial charge in [0.2, 0.25) is 0 Å². The van der Waals surface area contributed by atoms with Crippen LogP contribution in [-0.2, 0) is 21.5 Å². The molecule has 0 unspecified atom stereocenters. The molecule has 0 bridgehead atoms. The van der Waals surface area contributed by atoms with Gasteiger partial charge in [0.15, 0.2) is 0 Å². The Bertz CT molecular complexity index is 936. The maximum atomic E-state index is 12.8. The Kier molecular flexibility index (Phi) is 6.05. The monoisotopic (exact) mass is 429 g/mol. The Labute approximate surface area is 169 Å². The predicted octanol–water partition coefficient (Wildman–Crippen LogP) is 2.33. The number of benzene rings is 1. The lowest BCUT2D eigenvalue weighted by Gasteiger charge is -2.36. The molecule has 2 aromatic rings. The molecule has 4 rings (SSSR count). The lowest BCUT2D eigenvalue weighted by Crippen LogP contribution is -2.51. The smallest absolute Gasteiger partial charge is 0.282 e. The first-order valence-corrected chi connectivity index (χ1v) is 11.2. The highest BCUT2D eigenvalue weighted by Crippen LogP contribution is 2.30. The number of morpholine rings is 1. The van der Waals surface area contributed by atoms with Crippen molar-refractivity contribution >= 4 is 21.1 Å². The van der Waals surface area contributed by atoms with Gasteiger partial charge in [0.1, 0.15) is 11.9 Å². The van der Waals surface area contributed by atoms with Gasteiger partial charge < -0.3 is 14.0 Å². The minimum atomic E-state index is -3.47. The molecule has 10 heteroatoms. The summed E-state index contributed by atoms with van der Waals surface area (Å²) < 4.78 is 66.9. The highest BCUT2D eigenvalue weighted by Gasteiger charge is 2.34. The predicted molar refractivity (Wildman–Crippen MR) is 104 cm³/mol. The standard InChI is InChI=1S/C19H25F2N3O4S/c20-19(21)14-22-7-6-16-17(22)2-1-3-18(16)28-15-4-8-23(9-5-15)29(25,26)24-10-12-27-13-11-24/h1-3,6-7,15,19H,4-5,8-14H2. The quantitative estimate of drug-likeness (QED) is 0.707. The number of alkyl halides is 2. The molecule has 29 heavy (non-hydrogen) atoms. The van der Waals surface area contributed by atoms with Gasteiger partial charge in [-0.05, 0) is 31.0 Å². The van der Waals surface area contributed by atoms with Crippen LogP contribution in [0.5, 0.6) is 5.75 Å². The number of hydrogen-bond donors (Lipinski definition) is 0. The Morgan fingerprint density at radius 2 is 1.76 bits per heavy atom. The number of halogens is 2. The van der Waals surface area contributed by atoms with Gasteiger partial charge in [0.25, 0.3) is 16.6 Å². The zero-order chi connectivity index (χ0) is 20.4. The molecular formula is C19H25F2N3O4S. The molecule has 160 valence electrons. The van der Waals surface area contributed by atoms with Gasteiger partial charge in [0, 0.05) is 37.8 Å². The minimum Gasteiger partial charge on any atom is -0.490 e. The summed E-state index contributed by atoms with van der Waals surface area (Å²) in [5, 5.41) is 0.788. The van der Waals surface area contributed by atoms with Crippen molar-refractivity contribution < 1.29 is 26.7 Å². The molecule has 0 amide bonds. The molecule has 0 atom stereocenters. The van der Waals surface area contributed by atoms with Gasteiger partial charge in [-0.25, -0.2) is 8.78 Å². The first-order valence-electron chi connectivity index (χ1n) is 9.81. The number of rotatable bonds is 6. The summed E-state index contributed by atoms with van der Waals surface area (Å²) in [5.74, 6) is 0.644. The van der Waals surface area contributed by atoms with Crippen molar-refractivity contribution in [3.05, 3.63) is 30.5 Å². The molecule has 0 N–H and O–H groups in total. The van der Waals surface area contributed by atoms with Crippen molar-refractivity contribution in [2.24, 2.45) is 0 Å². The van der Waals surface area contributed by atoms with E-state index in [1.807, 2.05) is 6.07 Å². The van der Waals surface area contributed by atoms with Crippen LogP contribution >= 0.6 is 0 Å². The molecule has 2 aliphatic rings. The second-order valence-corrected chi connectivity index (χ2v) is 9.21. The van der Waals surface area contributed by atoms with Crippen LogP contribution in [0.15, 0.2) is 30.5 Å². The summed E-state index contributed by atoms with van der Waals surface area (Å²) in [4.78, 5) is 0. The van der Waals surface area contributed by atoms with Gasteiger partial charge in [-0.3, -0.25) is 0 Å². The largest absolute Gasteiger partial charge is 0.490 e. The van der Waals surface area contributed by atoms with Crippen molar-refractivity contribution in [2.75, 3.05) is 39.4 Å². The number of fused-ring (bicyclic) bond motifs is 1. The van der Waals surface area contributed by atoms with Crippen LogP contribution in [0.2, 0.25) is 0 Å². The van der Waals surface area contributed by atoms with Crippen LogP contribution in [0.3, 0.4) is 0 Å². The maximum absolute atomic E-state index is 12.8. The fourth-order valence-corrected chi connectivity index (χ4v) is 5.52. The summed E-state index contributed by atoms with van der Waals surface area (Å²) in [6.07, 6.45) is 0.263. The van der Waals surface area contributed by atoms with Crippen molar-refractivity contribution in [1.29, 1.82) is 0 Å². The fourth-order valence-electron chi connectivity index (χ4n) is 3.91. The third-order valence-electron chi connectivity index (χ3n) is 5.43. The van der Waals surface area contributed by atoms with Crippen LogP contribution in [-0.4, -0.2) is 73.5 Å². The Morgan fingerprint density at radius 1 is 1.07 bits per heavy atom. The average molecular weight is 429 g/mol. The minimum absolute atomic E-state index is 0.116. The summed E-state index contributed by atoms with van der Waals surface area (Å²) >= 11 is 0. The van der Waals surface area contributed by atoms with Gasteiger partial charge in [-0.15, -0.1) is 0 Å². The topological polar surface area (TPSA) is 64.0 Å². The van der Waals surface area contributed by atoms with Crippen LogP contribution < -0.4 is 4.74 Å². The number of ether oxygens (including phenoxy) is 2. The summed E-state index contributed by atoms with van der Waals surface area (Å²) in [6, 6.07) is 7.19. The SMILES string of the molecule is O=S(=O)(N1CCOCC1)N1CCC(Oc2cccc3c2ccn3CC(F)F)CC1. The Morgan fingerprint density at radius 3 is 2.45 bits per heavy atom. The van der Waals surface area contributed by atoms with E-state index in [2.05, 4.69) is 0 Å². The number of piperidine rings is 1. The molecule has 0 saturated carbocycles. The first kappa shape index (κ1) is 20.5. The lowest BCUT2D eigenvalue weighted by molar-refractivity contribution is 0.0677. The maximum Gasteiger partial charge on any atom is 0.282 e. The van der Waals surface area contributed by atoms with Crippen molar-refractivity contribution in [1.82, 2.24) is 13.2 Å². The Hall–Kier alpha value is -1.75. The van der Waals surface area contributed by atoms with Gasteiger partial charge in [-0.1, -0.05) is 6.07 Å². The molecule has 0 aliphatic carbocycles. The van der Waals surface area contributed by atoms with Gasteiger partial charge >= 0.3 is 0 Å². The van der Waals surface area contributed by atoms with E-state index in [9.17, 15) is 17.2 Å². The summed E-state index contributed by atoms with van der Waals surface area (Å²) in [6.45, 7) is 2.05. The molecule has 0 radical (unpaired) electrons. The molecule has 7 nitrogen and oxygen atoms in total. The van der Waals surface area contributed by atoms with E-state index < -0.39 is 16.6 Å². The zero-order valence-electron chi connectivity index (χ0n) is 16.0. The summed E-state index contributed by atoms with van der Waals surface area (Å²) in [5.41, 5.74) is 0.704. The molecule has 2 aliphatic heterocycles. The number of nitrogens with zero attached hydrogens (tertiary/aromatic N) is 3. The third-order valence-corrected chi connectivity index (χ3v) is 7.46. The highest BCUT2D eigenvalue weighted by atomic mass is 32.2. The molecule has 0 spiro atoms. The van der Waals surface area contributed by atoms with E-state index in [0.717, 1.165) is 5.39 Å². The van der Waals surface area contributed by atoms with Gasteiger partial charge in [-0.2, -0.15) is 17.0 Å². The zero-order valence-corrected chi connectivity index (χ0v) is 16.9. The average Bonchev–Trinajstić information content (AvgIpc) is 3.12. The molecule has 1 aromatic carbocycles. The van der Waals surface area contributed by atoms with Crippen LogP contribution in [0.1, 0.15) is 12.8 Å². The molecule has 1 aromatic heterocycles. The van der Waals surface area contributed by atoms with E-state index in [1.165, 1.54) is 13.2 Å². The van der Waals surface area contributed by atoms with Crippen molar-refractivity contribution in [2.45, 2.75) is 31.9 Å². The molecule has 2 fully saturated rings. The van der Waals surface area contributed by atoms with Gasteiger partial charge in [0.05, 0.1) is 25.3 Å². The van der Waals surface area contributed by atoms with Crippen molar-refractivity contribution in [3.63, 3.8) is 0 Å². The second kappa shape index (κ2) is 8.55. The van der Waals surface area contributed by atoms with E-state index in [1.54, 1.807) is 24.4 Å². The Balaban J connectivity index is 1.40. The van der Waals surface area contributed by atoms with Crippen LogP contribution in [0, 0.1) is 0 Å². The van der Waals surface area contributed by atoms with Crippen LogP contribution in [0.4, 0.5) is 8.78 Å². The second-order valence-electron chi connectivity index (χ2n) is 7.28. The third kappa shape index (κ3) is 4.40. The molecule has 3 heterocycles. The molecular weight excluding hydrogens is 404 g/mol. The van der Waals surface area contributed by atoms with Crippen molar-refractivity contribution in [3.8, 4) is 5.75 Å². The lowest BCUT2D eigenvalue weighted by atomic mass is 10.1. The highest BCUT2D eigenvalue weighted by molar-refractivity contribution is 7.86. The molecule has 2 saturated heterocycles. The van der Waals surface area contributed by atoms with E-state index in [0.29, 0.717) is 63.5 Å². The fraction of sp³-hybridized carbons (Fsp3) is 0.579. The first-order chi connectivity index (χ1) is 13.9.